The Hall–Kier alpha value is -2.89. The lowest BCUT2D eigenvalue weighted by Crippen LogP contribution is -2.40. The van der Waals surface area contributed by atoms with Crippen LogP contribution in [0, 0.1) is 5.82 Å². The minimum Gasteiger partial charge on any atom is -0.497 e. The second-order valence-corrected chi connectivity index (χ2v) is 8.45. The fourth-order valence-corrected chi connectivity index (χ4v) is 4.49. The fraction of sp³-hybridized carbons (Fsp3) is 0.440. The highest BCUT2D eigenvalue weighted by molar-refractivity contribution is 5.87. The summed E-state index contributed by atoms with van der Waals surface area (Å²) in [7, 11) is 1.61. The van der Waals surface area contributed by atoms with Gasteiger partial charge in [0.1, 0.15) is 11.6 Å². The van der Waals surface area contributed by atoms with E-state index in [0.29, 0.717) is 24.9 Å². The molecule has 2 fully saturated rings. The van der Waals surface area contributed by atoms with Crippen LogP contribution in [0.4, 0.5) is 4.39 Å². The summed E-state index contributed by atoms with van der Waals surface area (Å²) in [6.07, 6.45) is 4.66. The third-order valence-corrected chi connectivity index (χ3v) is 6.38. The van der Waals surface area contributed by atoms with Crippen molar-refractivity contribution >= 4 is 11.9 Å². The number of hydrogen-bond acceptors (Lipinski definition) is 4. The van der Waals surface area contributed by atoms with Crippen LogP contribution in [-0.4, -0.2) is 36.5 Å². The topological polar surface area (TPSA) is 55.8 Å². The van der Waals surface area contributed by atoms with Crippen molar-refractivity contribution in [1.29, 1.82) is 0 Å². The zero-order valence-electron chi connectivity index (χ0n) is 17.8. The summed E-state index contributed by atoms with van der Waals surface area (Å²) >= 11 is 0. The van der Waals surface area contributed by atoms with E-state index < -0.39 is 17.2 Å². The van der Waals surface area contributed by atoms with Gasteiger partial charge in [0, 0.05) is 18.2 Å². The van der Waals surface area contributed by atoms with Gasteiger partial charge in [-0.15, -0.1) is 0 Å². The van der Waals surface area contributed by atoms with Crippen LogP contribution in [0.25, 0.3) is 0 Å². The van der Waals surface area contributed by atoms with Gasteiger partial charge in [-0.25, -0.2) is 4.39 Å². The van der Waals surface area contributed by atoms with E-state index in [0.717, 1.165) is 37.0 Å². The zero-order chi connectivity index (χ0) is 21.8. The van der Waals surface area contributed by atoms with Gasteiger partial charge in [-0.05, 0) is 49.4 Å². The Kier molecular flexibility index (Phi) is 6.25. The van der Waals surface area contributed by atoms with Gasteiger partial charge in [0.2, 0.25) is 0 Å². The van der Waals surface area contributed by atoms with Gasteiger partial charge in [-0.1, -0.05) is 43.2 Å². The molecule has 4 rings (SSSR count). The number of ether oxygens (including phenoxy) is 2. The normalized spacial score (nSPS) is 17.2. The summed E-state index contributed by atoms with van der Waals surface area (Å²) in [5.74, 6) is -0.347. The number of carbonyl (C=O) groups excluding carboxylic acids is 2. The first-order valence-electron chi connectivity index (χ1n) is 10.9. The van der Waals surface area contributed by atoms with Crippen molar-refractivity contribution in [3.05, 3.63) is 65.5 Å². The third kappa shape index (κ3) is 4.58. The summed E-state index contributed by atoms with van der Waals surface area (Å²) in [6.45, 7) is 0.144. The molecule has 164 valence electrons. The largest absolute Gasteiger partial charge is 0.497 e. The van der Waals surface area contributed by atoms with Crippen molar-refractivity contribution in [2.75, 3.05) is 13.7 Å². The molecule has 0 spiro atoms. The van der Waals surface area contributed by atoms with Crippen molar-refractivity contribution < 1.29 is 23.5 Å². The Morgan fingerprint density at radius 3 is 2.35 bits per heavy atom. The molecule has 5 nitrogen and oxygen atoms in total. The number of esters is 1. The van der Waals surface area contributed by atoms with E-state index in [1.807, 2.05) is 24.3 Å². The average Bonchev–Trinajstić information content (AvgIpc) is 3.51. The van der Waals surface area contributed by atoms with Gasteiger partial charge < -0.3 is 14.4 Å². The molecule has 0 aromatic heterocycles. The Morgan fingerprint density at radius 1 is 1.06 bits per heavy atom. The van der Waals surface area contributed by atoms with E-state index in [-0.39, 0.29) is 18.6 Å². The van der Waals surface area contributed by atoms with Crippen LogP contribution in [0.2, 0.25) is 0 Å². The van der Waals surface area contributed by atoms with Crippen LogP contribution in [0.5, 0.6) is 5.75 Å². The molecule has 0 heterocycles. The maximum atomic E-state index is 14.5. The number of rotatable bonds is 8. The molecule has 2 aromatic carbocycles. The molecular formula is C25H28FNO4. The average molecular weight is 426 g/mol. The Bertz CT molecular complexity index is 933. The van der Waals surface area contributed by atoms with Crippen molar-refractivity contribution in [2.24, 2.45) is 0 Å². The second kappa shape index (κ2) is 9.08. The number of benzene rings is 2. The van der Waals surface area contributed by atoms with E-state index in [9.17, 15) is 14.0 Å². The minimum atomic E-state index is -0.994. The summed E-state index contributed by atoms with van der Waals surface area (Å²) < 4.78 is 25.2. The SMILES string of the molecule is COc1ccc(CN(C(=O)COC(=O)C2(c3ccccc3F)CCCC2)C2CC2)cc1. The van der Waals surface area contributed by atoms with Gasteiger partial charge in [0.05, 0.1) is 12.5 Å². The molecule has 0 aliphatic heterocycles. The molecule has 2 aliphatic rings. The maximum Gasteiger partial charge on any atom is 0.317 e. The molecule has 0 radical (unpaired) electrons. The van der Waals surface area contributed by atoms with Crippen LogP contribution < -0.4 is 4.74 Å². The predicted octanol–water partition coefficient (Wildman–Crippen LogP) is 4.38. The number of halogens is 1. The van der Waals surface area contributed by atoms with Crippen LogP contribution in [0.15, 0.2) is 48.5 Å². The van der Waals surface area contributed by atoms with Crippen LogP contribution >= 0.6 is 0 Å². The maximum absolute atomic E-state index is 14.5. The predicted molar refractivity (Wildman–Crippen MR) is 114 cm³/mol. The first kappa shape index (κ1) is 21.3. The van der Waals surface area contributed by atoms with E-state index in [1.54, 1.807) is 30.2 Å². The Balaban J connectivity index is 1.43. The molecule has 1 amide bonds. The number of carbonyl (C=O) groups is 2. The highest BCUT2D eigenvalue weighted by atomic mass is 19.1. The summed E-state index contributed by atoms with van der Waals surface area (Å²) in [5, 5.41) is 0. The van der Waals surface area contributed by atoms with E-state index in [4.69, 9.17) is 9.47 Å². The van der Waals surface area contributed by atoms with Crippen molar-refractivity contribution in [3.63, 3.8) is 0 Å². The second-order valence-electron chi connectivity index (χ2n) is 8.45. The summed E-state index contributed by atoms with van der Waals surface area (Å²) in [6, 6.07) is 14.1. The lowest BCUT2D eigenvalue weighted by molar-refractivity contribution is -0.157. The minimum absolute atomic E-state index is 0.181. The lowest BCUT2D eigenvalue weighted by atomic mass is 9.78. The first-order valence-corrected chi connectivity index (χ1v) is 10.9. The fourth-order valence-electron chi connectivity index (χ4n) is 4.49. The van der Waals surface area contributed by atoms with Crippen LogP contribution in [-0.2, 0) is 26.3 Å². The van der Waals surface area contributed by atoms with Crippen molar-refractivity contribution in [2.45, 2.75) is 56.5 Å². The molecular weight excluding hydrogens is 397 g/mol. The standard InChI is InChI=1S/C25H28FNO4/c1-30-20-12-8-18(9-13-20)16-27(19-10-11-19)23(28)17-31-24(29)25(14-4-5-15-25)21-6-2-3-7-22(21)26/h2-3,6-9,12-13,19H,4-5,10-11,14-17H2,1H3. The van der Waals surface area contributed by atoms with Gasteiger partial charge in [0.15, 0.2) is 6.61 Å². The lowest BCUT2D eigenvalue weighted by Gasteiger charge is -2.28. The van der Waals surface area contributed by atoms with Crippen molar-refractivity contribution in [1.82, 2.24) is 4.90 Å². The Morgan fingerprint density at radius 2 is 1.74 bits per heavy atom. The molecule has 0 atom stereocenters. The van der Waals surface area contributed by atoms with Crippen LogP contribution in [0.3, 0.4) is 0 Å². The quantitative estimate of drug-likeness (QED) is 0.589. The van der Waals surface area contributed by atoms with Crippen LogP contribution in [0.1, 0.15) is 49.7 Å². The molecule has 2 aliphatic carbocycles. The highest BCUT2D eigenvalue weighted by Gasteiger charge is 2.46. The van der Waals surface area contributed by atoms with Gasteiger partial charge >= 0.3 is 5.97 Å². The van der Waals surface area contributed by atoms with Gasteiger partial charge in [-0.2, -0.15) is 0 Å². The molecule has 0 N–H and O–H groups in total. The smallest absolute Gasteiger partial charge is 0.317 e. The van der Waals surface area contributed by atoms with Gasteiger partial charge in [-0.3, -0.25) is 9.59 Å². The number of amides is 1. The van der Waals surface area contributed by atoms with E-state index in [2.05, 4.69) is 0 Å². The number of nitrogens with zero attached hydrogens (tertiary/aromatic N) is 1. The number of hydrogen-bond donors (Lipinski definition) is 0. The first-order chi connectivity index (χ1) is 15.0. The van der Waals surface area contributed by atoms with E-state index >= 15 is 0 Å². The van der Waals surface area contributed by atoms with Crippen molar-refractivity contribution in [3.8, 4) is 5.75 Å². The monoisotopic (exact) mass is 425 g/mol. The molecule has 2 saturated carbocycles. The molecule has 6 heteroatoms. The third-order valence-electron chi connectivity index (χ3n) is 6.38. The zero-order valence-corrected chi connectivity index (χ0v) is 17.8. The summed E-state index contributed by atoms with van der Waals surface area (Å²) in [5.41, 5.74) is 0.375. The van der Waals surface area contributed by atoms with Gasteiger partial charge in [0.25, 0.3) is 5.91 Å². The molecule has 0 unspecified atom stereocenters. The Labute approximate surface area is 182 Å². The summed E-state index contributed by atoms with van der Waals surface area (Å²) in [4.78, 5) is 27.8. The number of methoxy groups -OCH3 is 1. The molecule has 2 aromatic rings. The highest BCUT2D eigenvalue weighted by Crippen LogP contribution is 2.43. The molecule has 0 saturated heterocycles. The van der Waals surface area contributed by atoms with E-state index in [1.165, 1.54) is 6.07 Å². The molecule has 0 bridgehead atoms. The molecule has 31 heavy (non-hydrogen) atoms.